The Kier molecular flexibility index (Phi) is 7.30. The van der Waals surface area contributed by atoms with Crippen LogP contribution in [0.15, 0.2) is 65.1 Å². The maximum absolute atomic E-state index is 13.1. The molecule has 0 aliphatic rings. The van der Waals surface area contributed by atoms with Gasteiger partial charge in [0.15, 0.2) is 11.5 Å². The second-order valence-corrected chi connectivity index (χ2v) is 7.33. The summed E-state index contributed by atoms with van der Waals surface area (Å²) in [5, 5.41) is 12.3. The molecular formula is C23H21BrFNO4. The van der Waals surface area contributed by atoms with Gasteiger partial charge in [0.2, 0.25) is 0 Å². The predicted octanol–water partition coefficient (Wildman–Crippen LogP) is 5.88. The Hall–Kier alpha value is -3.06. The molecule has 0 spiro atoms. The van der Waals surface area contributed by atoms with Crippen molar-refractivity contribution in [2.24, 2.45) is 0 Å². The van der Waals surface area contributed by atoms with E-state index in [1.807, 2.05) is 19.1 Å². The average Bonchev–Trinajstić information content (AvgIpc) is 2.74. The van der Waals surface area contributed by atoms with Gasteiger partial charge in [-0.25, -0.2) is 9.18 Å². The minimum Gasteiger partial charge on any atom is -0.490 e. The quantitative estimate of drug-likeness (QED) is 0.406. The fourth-order valence-electron chi connectivity index (χ4n) is 2.76. The molecule has 0 aromatic heterocycles. The molecule has 2 N–H and O–H groups in total. The minimum atomic E-state index is -0.957. The number of nitrogens with one attached hydrogen (secondary N) is 1. The van der Waals surface area contributed by atoms with Crippen LogP contribution >= 0.6 is 15.9 Å². The van der Waals surface area contributed by atoms with Gasteiger partial charge in [0, 0.05) is 16.7 Å². The smallest absolute Gasteiger partial charge is 0.335 e. The monoisotopic (exact) mass is 473 g/mol. The van der Waals surface area contributed by atoms with Gasteiger partial charge in [-0.1, -0.05) is 28.1 Å². The number of hydrogen-bond donors (Lipinski definition) is 2. The molecule has 3 rings (SSSR count). The molecule has 0 radical (unpaired) electrons. The van der Waals surface area contributed by atoms with E-state index >= 15 is 0 Å². The number of carbonyl (C=O) groups is 1. The van der Waals surface area contributed by atoms with Crippen molar-refractivity contribution in [2.75, 3.05) is 11.9 Å². The Morgan fingerprint density at radius 1 is 1.03 bits per heavy atom. The Bertz CT molecular complexity index is 1010. The number of carboxylic acids is 1. The van der Waals surface area contributed by atoms with Crippen LogP contribution in [0.5, 0.6) is 11.5 Å². The lowest BCUT2D eigenvalue weighted by molar-refractivity contribution is 0.0697. The average molecular weight is 474 g/mol. The van der Waals surface area contributed by atoms with E-state index in [9.17, 15) is 9.18 Å². The van der Waals surface area contributed by atoms with Crippen LogP contribution in [0, 0.1) is 5.82 Å². The van der Waals surface area contributed by atoms with Crippen LogP contribution in [0.3, 0.4) is 0 Å². The zero-order valence-electron chi connectivity index (χ0n) is 16.3. The summed E-state index contributed by atoms with van der Waals surface area (Å²) < 4.78 is 25.5. The van der Waals surface area contributed by atoms with Gasteiger partial charge in [-0.2, -0.15) is 0 Å². The molecule has 0 saturated heterocycles. The van der Waals surface area contributed by atoms with E-state index in [1.165, 1.54) is 12.1 Å². The number of halogens is 2. The van der Waals surface area contributed by atoms with Gasteiger partial charge in [0.05, 0.1) is 12.2 Å². The van der Waals surface area contributed by atoms with E-state index in [-0.39, 0.29) is 11.4 Å². The van der Waals surface area contributed by atoms with Crippen molar-refractivity contribution >= 4 is 27.6 Å². The standard InChI is InChI=1S/C23H21BrFNO4/c1-2-29-21-11-17(13-26-19-9-5-16(6-10-19)23(27)28)20(24)12-22(21)30-14-15-3-7-18(25)8-4-15/h3-12,26H,2,13-14H2,1H3,(H,27,28). The van der Waals surface area contributed by atoms with E-state index < -0.39 is 5.97 Å². The van der Waals surface area contributed by atoms with Gasteiger partial charge in [0.25, 0.3) is 0 Å². The van der Waals surface area contributed by atoms with Gasteiger partial charge in [-0.15, -0.1) is 0 Å². The number of anilines is 1. The normalized spacial score (nSPS) is 10.5. The molecule has 7 heteroatoms. The number of carboxylic acid groups (broad SMARTS) is 1. The molecule has 0 aliphatic heterocycles. The zero-order valence-corrected chi connectivity index (χ0v) is 17.9. The second-order valence-electron chi connectivity index (χ2n) is 6.47. The molecule has 3 aromatic rings. The maximum Gasteiger partial charge on any atom is 0.335 e. The van der Waals surface area contributed by atoms with Crippen molar-refractivity contribution in [1.82, 2.24) is 0 Å². The second kappa shape index (κ2) is 10.1. The molecule has 0 heterocycles. The van der Waals surface area contributed by atoms with Gasteiger partial charge in [-0.05, 0) is 66.6 Å². The topological polar surface area (TPSA) is 67.8 Å². The highest BCUT2D eigenvalue weighted by molar-refractivity contribution is 9.10. The van der Waals surface area contributed by atoms with E-state index in [4.69, 9.17) is 14.6 Å². The van der Waals surface area contributed by atoms with Gasteiger partial charge >= 0.3 is 5.97 Å². The van der Waals surface area contributed by atoms with E-state index in [0.717, 1.165) is 21.3 Å². The molecule has 0 atom stereocenters. The summed E-state index contributed by atoms with van der Waals surface area (Å²) in [6.07, 6.45) is 0. The largest absolute Gasteiger partial charge is 0.490 e. The fraction of sp³-hybridized carbons (Fsp3) is 0.174. The van der Waals surface area contributed by atoms with Crippen LogP contribution in [-0.4, -0.2) is 17.7 Å². The highest BCUT2D eigenvalue weighted by atomic mass is 79.9. The lowest BCUT2D eigenvalue weighted by Crippen LogP contribution is -2.04. The van der Waals surface area contributed by atoms with Crippen LogP contribution in [0.4, 0.5) is 10.1 Å². The third-order valence-electron chi connectivity index (χ3n) is 4.34. The van der Waals surface area contributed by atoms with Crippen LogP contribution in [0.25, 0.3) is 0 Å². The van der Waals surface area contributed by atoms with Crippen molar-refractivity contribution in [3.63, 3.8) is 0 Å². The number of ether oxygens (including phenoxy) is 2. The van der Waals surface area contributed by atoms with Crippen molar-refractivity contribution < 1.29 is 23.8 Å². The first-order valence-corrected chi connectivity index (χ1v) is 10.1. The van der Waals surface area contributed by atoms with Crippen molar-refractivity contribution in [3.05, 3.63) is 87.6 Å². The number of aromatic carboxylic acids is 1. The molecule has 0 unspecified atom stereocenters. The molecule has 156 valence electrons. The van der Waals surface area contributed by atoms with Gasteiger partial charge in [-0.3, -0.25) is 0 Å². The van der Waals surface area contributed by atoms with Crippen molar-refractivity contribution in [3.8, 4) is 11.5 Å². The van der Waals surface area contributed by atoms with Gasteiger partial charge < -0.3 is 19.9 Å². The predicted molar refractivity (Wildman–Crippen MR) is 117 cm³/mol. The Morgan fingerprint density at radius 2 is 1.70 bits per heavy atom. The minimum absolute atomic E-state index is 0.239. The molecule has 0 amide bonds. The van der Waals surface area contributed by atoms with E-state index in [1.54, 1.807) is 36.4 Å². The van der Waals surface area contributed by atoms with Crippen LogP contribution in [-0.2, 0) is 13.2 Å². The highest BCUT2D eigenvalue weighted by Gasteiger charge is 2.12. The first kappa shape index (κ1) is 21.6. The lowest BCUT2D eigenvalue weighted by atomic mass is 10.1. The van der Waals surface area contributed by atoms with Crippen molar-refractivity contribution in [2.45, 2.75) is 20.1 Å². The fourth-order valence-corrected chi connectivity index (χ4v) is 3.23. The van der Waals surface area contributed by atoms with E-state index in [2.05, 4.69) is 21.2 Å². The molecule has 0 saturated carbocycles. The highest BCUT2D eigenvalue weighted by Crippen LogP contribution is 2.35. The van der Waals surface area contributed by atoms with Crippen LogP contribution < -0.4 is 14.8 Å². The summed E-state index contributed by atoms with van der Waals surface area (Å²) in [6.45, 7) is 3.18. The summed E-state index contributed by atoms with van der Waals surface area (Å²) in [4.78, 5) is 11.0. The molecule has 0 aliphatic carbocycles. The SMILES string of the molecule is CCOc1cc(CNc2ccc(C(=O)O)cc2)c(Br)cc1OCc1ccc(F)cc1. The summed E-state index contributed by atoms with van der Waals surface area (Å²) in [5.74, 6) is -0.0451. The summed E-state index contributed by atoms with van der Waals surface area (Å²) in [7, 11) is 0. The molecule has 0 fully saturated rings. The lowest BCUT2D eigenvalue weighted by Gasteiger charge is -2.16. The summed E-state index contributed by atoms with van der Waals surface area (Å²) >= 11 is 3.57. The van der Waals surface area contributed by atoms with Crippen LogP contribution in [0.1, 0.15) is 28.4 Å². The maximum atomic E-state index is 13.1. The first-order chi connectivity index (χ1) is 14.5. The zero-order chi connectivity index (χ0) is 21.5. The first-order valence-electron chi connectivity index (χ1n) is 9.36. The molecule has 0 bridgehead atoms. The van der Waals surface area contributed by atoms with Crippen molar-refractivity contribution in [1.29, 1.82) is 0 Å². The third-order valence-corrected chi connectivity index (χ3v) is 5.07. The Balaban J connectivity index is 1.71. The summed E-state index contributed by atoms with van der Waals surface area (Å²) in [6, 6.07) is 16.5. The molecule has 30 heavy (non-hydrogen) atoms. The summed E-state index contributed by atoms with van der Waals surface area (Å²) in [5.41, 5.74) is 2.85. The van der Waals surface area contributed by atoms with E-state index in [0.29, 0.717) is 31.3 Å². The number of rotatable bonds is 9. The number of hydrogen-bond acceptors (Lipinski definition) is 4. The molecular weight excluding hydrogens is 453 g/mol. The third kappa shape index (κ3) is 5.73. The molecule has 3 aromatic carbocycles. The van der Waals surface area contributed by atoms with Crippen LogP contribution in [0.2, 0.25) is 0 Å². The molecule has 5 nitrogen and oxygen atoms in total. The number of benzene rings is 3. The Morgan fingerprint density at radius 3 is 2.33 bits per heavy atom. The Labute approximate surface area is 182 Å². The van der Waals surface area contributed by atoms with Gasteiger partial charge in [0.1, 0.15) is 12.4 Å².